The second kappa shape index (κ2) is 8.05. The molecule has 0 fully saturated rings. The third kappa shape index (κ3) is 3.59. The van der Waals surface area contributed by atoms with Gasteiger partial charge in [-0.2, -0.15) is 0 Å². The molecule has 33 heavy (non-hydrogen) atoms. The first kappa shape index (κ1) is 20.7. The molecule has 1 aromatic heterocycles. The summed E-state index contributed by atoms with van der Waals surface area (Å²) in [5.74, 6) is -0.0657. The summed E-state index contributed by atoms with van der Waals surface area (Å²) in [6.45, 7) is 1.47. The number of hydrogen-bond acceptors (Lipinski definition) is 6. The topological polar surface area (TPSA) is 106 Å². The summed E-state index contributed by atoms with van der Waals surface area (Å²) in [5.41, 5.74) is 3.28. The number of ketones is 1. The fourth-order valence-electron chi connectivity index (χ4n) is 4.78. The Kier molecular flexibility index (Phi) is 5.05. The summed E-state index contributed by atoms with van der Waals surface area (Å²) in [5, 5.41) is 14.6. The van der Waals surface area contributed by atoms with Gasteiger partial charge in [0.15, 0.2) is 5.78 Å². The van der Waals surface area contributed by atoms with Crippen molar-refractivity contribution in [2.75, 3.05) is 10.2 Å². The van der Waals surface area contributed by atoms with E-state index in [4.69, 9.17) is 4.42 Å². The van der Waals surface area contributed by atoms with E-state index in [2.05, 4.69) is 5.32 Å². The predicted molar refractivity (Wildman–Crippen MR) is 122 cm³/mol. The zero-order valence-electron chi connectivity index (χ0n) is 17.9. The second-order valence-corrected chi connectivity index (χ2v) is 8.22. The third-order valence-electron chi connectivity index (χ3n) is 6.19. The molecular weight excluding hydrogens is 422 g/mol. The molecular formula is C25H21N3O5. The van der Waals surface area contributed by atoms with E-state index in [1.807, 2.05) is 30.3 Å². The molecule has 8 nitrogen and oxygen atoms in total. The quantitative estimate of drug-likeness (QED) is 0.445. The van der Waals surface area contributed by atoms with Crippen molar-refractivity contribution in [2.45, 2.75) is 31.7 Å². The van der Waals surface area contributed by atoms with Crippen molar-refractivity contribution < 1.29 is 18.9 Å². The number of rotatable bonds is 3. The van der Waals surface area contributed by atoms with Crippen LogP contribution in [0.3, 0.4) is 0 Å². The Bertz CT molecular complexity index is 1290. The van der Waals surface area contributed by atoms with Gasteiger partial charge in [-0.1, -0.05) is 24.3 Å². The molecule has 166 valence electrons. The molecule has 0 saturated carbocycles. The number of non-ortho nitro benzene ring substituents is 1. The fraction of sp³-hybridized carbons (Fsp3) is 0.200. The molecule has 0 spiro atoms. The lowest BCUT2D eigenvalue weighted by atomic mass is 9.79. The molecule has 1 aliphatic heterocycles. The lowest BCUT2D eigenvalue weighted by molar-refractivity contribution is -0.384. The van der Waals surface area contributed by atoms with Gasteiger partial charge in [0, 0.05) is 36.7 Å². The number of nitro groups is 1. The molecule has 0 bridgehead atoms. The molecule has 2 atom stereocenters. The Labute approximate surface area is 189 Å². The summed E-state index contributed by atoms with van der Waals surface area (Å²) in [7, 11) is 0. The standard InChI is InChI=1S/C25H21N3O5/c1-15(29)27-21-9-3-2-8-19(21)26-20-13-17(16-6-4-7-18(12-16)28(31)32)14-22(30)24(20)25(27)23-10-5-11-33-23/h2-12,17,25-26H,13-14H2,1H3/t17-,25-/m0/s1. The molecule has 1 aliphatic carbocycles. The summed E-state index contributed by atoms with van der Waals surface area (Å²) >= 11 is 0. The SMILES string of the molecule is CC(=O)N1c2ccccc2NC2=C(C(=O)C[C@@H](c3cccc([N+](=O)[O-])c3)C2)[C@@H]1c1ccco1. The molecule has 1 amide bonds. The number of benzene rings is 2. The monoisotopic (exact) mass is 443 g/mol. The first-order valence-electron chi connectivity index (χ1n) is 10.6. The minimum Gasteiger partial charge on any atom is -0.467 e. The highest BCUT2D eigenvalue weighted by atomic mass is 16.6. The van der Waals surface area contributed by atoms with Crippen LogP contribution in [0.25, 0.3) is 0 Å². The Hall–Kier alpha value is -4.20. The van der Waals surface area contributed by atoms with E-state index in [9.17, 15) is 19.7 Å². The third-order valence-corrected chi connectivity index (χ3v) is 6.19. The molecule has 0 unspecified atom stereocenters. The molecule has 0 radical (unpaired) electrons. The number of allylic oxidation sites excluding steroid dienone is 1. The molecule has 8 heteroatoms. The van der Waals surface area contributed by atoms with E-state index < -0.39 is 11.0 Å². The van der Waals surface area contributed by atoms with Crippen LogP contribution in [0.1, 0.15) is 43.0 Å². The average Bonchev–Trinajstić information content (AvgIpc) is 3.28. The van der Waals surface area contributed by atoms with Crippen molar-refractivity contribution in [3.63, 3.8) is 0 Å². The number of nitrogens with zero attached hydrogens (tertiary/aromatic N) is 2. The number of Topliss-reactive ketones (excluding diaryl/α,β-unsaturated/α-hetero) is 1. The van der Waals surface area contributed by atoms with Gasteiger partial charge in [0.2, 0.25) is 5.91 Å². The minimum absolute atomic E-state index is 0.00452. The maximum Gasteiger partial charge on any atom is 0.269 e. The van der Waals surface area contributed by atoms with Crippen molar-refractivity contribution in [1.82, 2.24) is 0 Å². The number of carbonyl (C=O) groups is 2. The van der Waals surface area contributed by atoms with E-state index in [-0.39, 0.29) is 29.7 Å². The molecule has 0 saturated heterocycles. The molecule has 2 aliphatic rings. The number of hydrogen-bond donors (Lipinski definition) is 1. The number of carbonyl (C=O) groups excluding carboxylic acids is 2. The van der Waals surface area contributed by atoms with Crippen LogP contribution in [-0.4, -0.2) is 16.6 Å². The van der Waals surface area contributed by atoms with E-state index in [0.717, 1.165) is 5.56 Å². The highest BCUT2D eigenvalue weighted by molar-refractivity contribution is 6.05. The van der Waals surface area contributed by atoms with Crippen LogP contribution in [0.5, 0.6) is 0 Å². The lowest BCUT2D eigenvalue weighted by Crippen LogP contribution is -2.37. The van der Waals surface area contributed by atoms with Crippen LogP contribution in [0, 0.1) is 10.1 Å². The zero-order valence-corrected chi connectivity index (χ0v) is 17.9. The van der Waals surface area contributed by atoms with Crippen LogP contribution in [0.15, 0.2) is 82.6 Å². The maximum absolute atomic E-state index is 13.6. The molecule has 5 rings (SSSR count). The van der Waals surface area contributed by atoms with E-state index >= 15 is 0 Å². The van der Waals surface area contributed by atoms with E-state index in [1.165, 1.54) is 25.3 Å². The lowest BCUT2D eigenvalue weighted by Gasteiger charge is -2.33. The smallest absolute Gasteiger partial charge is 0.269 e. The maximum atomic E-state index is 13.6. The number of para-hydroxylation sites is 2. The summed E-state index contributed by atoms with van der Waals surface area (Å²) in [6.07, 6.45) is 2.18. The number of anilines is 2. The minimum atomic E-state index is -0.706. The normalized spacial score (nSPS) is 19.9. The first-order chi connectivity index (χ1) is 15.9. The number of nitrogens with one attached hydrogen (secondary N) is 1. The van der Waals surface area contributed by atoms with E-state index in [0.29, 0.717) is 34.8 Å². The van der Waals surface area contributed by atoms with Gasteiger partial charge in [-0.15, -0.1) is 0 Å². The van der Waals surface area contributed by atoms with Gasteiger partial charge in [-0.05, 0) is 42.2 Å². The largest absolute Gasteiger partial charge is 0.467 e. The van der Waals surface area contributed by atoms with Crippen molar-refractivity contribution in [1.29, 1.82) is 0 Å². The van der Waals surface area contributed by atoms with Crippen LogP contribution < -0.4 is 10.2 Å². The van der Waals surface area contributed by atoms with Gasteiger partial charge < -0.3 is 9.73 Å². The highest BCUT2D eigenvalue weighted by Crippen LogP contribution is 2.47. The summed E-state index contributed by atoms with van der Waals surface area (Å²) in [4.78, 5) is 38.9. The second-order valence-electron chi connectivity index (χ2n) is 8.22. The zero-order chi connectivity index (χ0) is 23.1. The van der Waals surface area contributed by atoms with E-state index in [1.54, 1.807) is 23.1 Å². The van der Waals surface area contributed by atoms with Crippen LogP contribution in [0.4, 0.5) is 17.1 Å². The fourth-order valence-corrected chi connectivity index (χ4v) is 4.78. The average molecular weight is 443 g/mol. The van der Waals surface area contributed by atoms with Crippen LogP contribution in [-0.2, 0) is 9.59 Å². The van der Waals surface area contributed by atoms with Gasteiger partial charge in [0.05, 0.1) is 22.6 Å². The van der Waals surface area contributed by atoms with Crippen molar-refractivity contribution in [3.8, 4) is 0 Å². The van der Waals surface area contributed by atoms with Crippen molar-refractivity contribution >= 4 is 28.8 Å². The van der Waals surface area contributed by atoms with Crippen molar-refractivity contribution in [2.24, 2.45) is 0 Å². The number of amides is 1. The van der Waals surface area contributed by atoms with Gasteiger partial charge in [0.1, 0.15) is 11.8 Å². The molecule has 1 N–H and O–H groups in total. The number of furan rings is 1. The Balaban J connectivity index is 1.66. The van der Waals surface area contributed by atoms with Crippen LogP contribution >= 0.6 is 0 Å². The summed E-state index contributed by atoms with van der Waals surface area (Å²) < 4.78 is 5.69. The highest BCUT2D eigenvalue weighted by Gasteiger charge is 2.42. The Morgan fingerprint density at radius 3 is 2.67 bits per heavy atom. The van der Waals surface area contributed by atoms with Gasteiger partial charge in [-0.3, -0.25) is 24.6 Å². The Morgan fingerprint density at radius 1 is 1.12 bits per heavy atom. The van der Waals surface area contributed by atoms with Crippen molar-refractivity contribution in [3.05, 3.63) is 99.6 Å². The van der Waals surface area contributed by atoms with Crippen LogP contribution in [0.2, 0.25) is 0 Å². The molecule has 2 heterocycles. The Morgan fingerprint density at radius 2 is 1.94 bits per heavy atom. The van der Waals surface area contributed by atoms with Gasteiger partial charge in [0.25, 0.3) is 5.69 Å². The molecule has 2 aromatic carbocycles. The number of fused-ring (bicyclic) bond motifs is 1. The van der Waals surface area contributed by atoms with Gasteiger partial charge >= 0.3 is 0 Å². The summed E-state index contributed by atoms with van der Waals surface area (Å²) in [6, 6.07) is 16.6. The predicted octanol–water partition coefficient (Wildman–Crippen LogP) is 5.11. The first-order valence-corrected chi connectivity index (χ1v) is 10.6. The number of nitro benzene ring substituents is 1. The molecule has 3 aromatic rings. The van der Waals surface area contributed by atoms with Gasteiger partial charge in [-0.25, -0.2) is 0 Å².